The molecule has 0 saturated carbocycles. The van der Waals surface area contributed by atoms with Gasteiger partial charge in [-0.1, -0.05) is 86.1 Å². The molecule has 0 aromatic heterocycles. The molecular formula is C28H29FN2O3. The van der Waals surface area contributed by atoms with E-state index in [2.05, 4.69) is 24.5 Å². The average Bonchev–Trinajstić information content (AvgIpc) is 3.26. The summed E-state index contributed by atoms with van der Waals surface area (Å²) in [5.41, 5.74) is 6.56. The number of nitrogens with zero attached hydrogens (tertiary/aromatic N) is 1. The van der Waals surface area contributed by atoms with Crippen LogP contribution in [0.2, 0.25) is 0 Å². The maximum atomic E-state index is 14.7. The standard InChI is InChI=1S/C28H29FN2O3/c1-2-8-20-13-15-22(16-14-20)23-11-6-7-12-24(23)28(33)31-18-17-25(29)26(31)27(32)30-34-19-21-9-4-3-5-10-21/h3-7,9-16,25-26H,2,8,17-19H2,1H3,(H,30,32). The first kappa shape index (κ1) is 23.6. The number of hydrogen-bond donors (Lipinski definition) is 1. The lowest BCUT2D eigenvalue weighted by atomic mass is 9.97. The molecule has 1 aliphatic rings. The molecule has 0 radical (unpaired) electrons. The van der Waals surface area contributed by atoms with Gasteiger partial charge in [0.1, 0.15) is 12.2 Å². The molecule has 1 N–H and O–H groups in total. The Hall–Kier alpha value is -3.51. The Morgan fingerprint density at radius 1 is 0.971 bits per heavy atom. The van der Waals surface area contributed by atoms with Crippen LogP contribution in [0.5, 0.6) is 0 Å². The minimum Gasteiger partial charge on any atom is -0.323 e. The van der Waals surface area contributed by atoms with Gasteiger partial charge in [0.05, 0.1) is 6.61 Å². The van der Waals surface area contributed by atoms with Crippen molar-refractivity contribution in [2.24, 2.45) is 0 Å². The Labute approximate surface area is 199 Å². The number of aryl methyl sites for hydroxylation is 1. The van der Waals surface area contributed by atoms with Crippen LogP contribution in [0.15, 0.2) is 78.9 Å². The van der Waals surface area contributed by atoms with Crippen molar-refractivity contribution in [3.8, 4) is 11.1 Å². The molecule has 1 heterocycles. The second kappa shape index (κ2) is 11.1. The van der Waals surface area contributed by atoms with Crippen LogP contribution < -0.4 is 5.48 Å². The molecule has 6 heteroatoms. The fourth-order valence-electron chi connectivity index (χ4n) is 4.33. The molecule has 2 unspecified atom stereocenters. The van der Waals surface area contributed by atoms with Crippen molar-refractivity contribution in [3.05, 3.63) is 95.6 Å². The van der Waals surface area contributed by atoms with E-state index in [0.717, 1.165) is 29.5 Å². The average molecular weight is 461 g/mol. The van der Waals surface area contributed by atoms with Crippen LogP contribution in [0, 0.1) is 0 Å². The zero-order valence-corrected chi connectivity index (χ0v) is 19.2. The maximum absolute atomic E-state index is 14.7. The first-order valence-corrected chi connectivity index (χ1v) is 11.7. The summed E-state index contributed by atoms with van der Waals surface area (Å²) in [6.07, 6.45) is 0.711. The lowest BCUT2D eigenvalue weighted by molar-refractivity contribution is -0.140. The number of benzene rings is 3. The third kappa shape index (κ3) is 5.34. The van der Waals surface area contributed by atoms with Crippen molar-refractivity contribution >= 4 is 11.8 Å². The molecule has 176 valence electrons. The highest BCUT2D eigenvalue weighted by Crippen LogP contribution is 2.29. The van der Waals surface area contributed by atoms with E-state index in [0.29, 0.717) is 5.56 Å². The van der Waals surface area contributed by atoms with Crippen molar-refractivity contribution in [1.29, 1.82) is 0 Å². The van der Waals surface area contributed by atoms with Crippen molar-refractivity contribution in [2.75, 3.05) is 6.54 Å². The number of rotatable bonds is 8. The largest absolute Gasteiger partial charge is 0.323 e. The van der Waals surface area contributed by atoms with E-state index in [4.69, 9.17) is 4.84 Å². The van der Waals surface area contributed by atoms with Crippen molar-refractivity contribution in [1.82, 2.24) is 10.4 Å². The van der Waals surface area contributed by atoms with Gasteiger partial charge in [-0.15, -0.1) is 0 Å². The molecular weight excluding hydrogens is 431 g/mol. The second-order valence-corrected chi connectivity index (χ2v) is 8.48. The first-order valence-electron chi connectivity index (χ1n) is 11.7. The summed E-state index contributed by atoms with van der Waals surface area (Å²) in [6, 6.07) is 23.5. The predicted molar refractivity (Wildman–Crippen MR) is 130 cm³/mol. The molecule has 4 rings (SSSR count). The van der Waals surface area contributed by atoms with Gasteiger partial charge in [0.15, 0.2) is 0 Å². The normalized spacial score (nSPS) is 17.5. The predicted octanol–water partition coefficient (Wildman–Crippen LogP) is 5.11. The highest BCUT2D eigenvalue weighted by atomic mass is 19.1. The third-order valence-electron chi connectivity index (χ3n) is 6.07. The van der Waals surface area contributed by atoms with E-state index in [9.17, 15) is 14.0 Å². The van der Waals surface area contributed by atoms with E-state index in [1.165, 1.54) is 10.5 Å². The number of alkyl halides is 1. The van der Waals surface area contributed by atoms with Crippen LogP contribution in [0.25, 0.3) is 11.1 Å². The maximum Gasteiger partial charge on any atom is 0.269 e. The van der Waals surface area contributed by atoms with Crippen LogP contribution in [0.4, 0.5) is 4.39 Å². The van der Waals surface area contributed by atoms with Gasteiger partial charge in [-0.3, -0.25) is 14.4 Å². The smallest absolute Gasteiger partial charge is 0.269 e. The SMILES string of the molecule is CCCc1ccc(-c2ccccc2C(=O)N2CCC(F)C2C(=O)NOCc2ccccc2)cc1. The van der Waals surface area contributed by atoms with Gasteiger partial charge in [-0.2, -0.15) is 0 Å². The zero-order valence-electron chi connectivity index (χ0n) is 19.2. The molecule has 0 aliphatic carbocycles. The van der Waals surface area contributed by atoms with E-state index >= 15 is 0 Å². The van der Waals surface area contributed by atoms with E-state index < -0.39 is 18.1 Å². The summed E-state index contributed by atoms with van der Waals surface area (Å²) in [6.45, 7) is 2.46. The minimum atomic E-state index is -1.45. The van der Waals surface area contributed by atoms with Gasteiger partial charge in [0.25, 0.3) is 11.8 Å². The lowest BCUT2D eigenvalue weighted by Gasteiger charge is -2.25. The summed E-state index contributed by atoms with van der Waals surface area (Å²) in [5.74, 6) is -1.02. The quantitative estimate of drug-likeness (QED) is 0.476. The van der Waals surface area contributed by atoms with Crippen LogP contribution >= 0.6 is 0 Å². The fraction of sp³-hybridized carbons (Fsp3) is 0.286. The van der Waals surface area contributed by atoms with Crippen LogP contribution in [-0.2, 0) is 22.7 Å². The highest BCUT2D eigenvalue weighted by molar-refractivity contribution is 6.03. The monoisotopic (exact) mass is 460 g/mol. The number of hydrogen-bond acceptors (Lipinski definition) is 3. The van der Waals surface area contributed by atoms with Crippen molar-refractivity contribution < 1.29 is 18.8 Å². The van der Waals surface area contributed by atoms with Crippen molar-refractivity contribution in [2.45, 2.75) is 45.0 Å². The molecule has 0 spiro atoms. The second-order valence-electron chi connectivity index (χ2n) is 8.48. The number of carbonyl (C=O) groups is 2. The Kier molecular flexibility index (Phi) is 7.70. The molecule has 2 atom stereocenters. The summed E-state index contributed by atoms with van der Waals surface area (Å²) in [5, 5.41) is 0. The summed E-state index contributed by atoms with van der Waals surface area (Å²) in [7, 11) is 0. The molecule has 1 fully saturated rings. The van der Waals surface area contributed by atoms with Crippen LogP contribution in [-0.4, -0.2) is 35.5 Å². The molecule has 1 aliphatic heterocycles. The summed E-state index contributed by atoms with van der Waals surface area (Å²) >= 11 is 0. The molecule has 34 heavy (non-hydrogen) atoms. The van der Waals surface area contributed by atoms with Crippen LogP contribution in [0.1, 0.15) is 41.3 Å². The van der Waals surface area contributed by atoms with Gasteiger partial charge in [-0.25, -0.2) is 9.87 Å². The number of carbonyl (C=O) groups excluding carboxylic acids is 2. The van der Waals surface area contributed by atoms with Gasteiger partial charge in [-0.05, 0) is 41.2 Å². The summed E-state index contributed by atoms with van der Waals surface area (Å²) in [4.78, 5) is 32.9. The van der Waals surface area contributed by atoms with Gasteiger partial charge in [0, 0.05) is 12.1 Å². The molecule has 0 bridgehead atoms. The van der Waals surface area contributed by atoms with E-state index in [1.807, 2.05) is 54.6 Å². The molecule has 1 saturated heterocycles. The molecule has 5 nitrogen and oxygen atoms in total. The van der Waals surface area contributed by atoms with Crippen LogP contribution in [0.3, 0.4) is 0 Å². The topological polar surface area (TPSA) is 58.6 Å². The van der Waals surface area contributed by atoms with Gasteiger partial charge < -0.3 is 4.90 Å². The van der Waals surface area contributed by atoms with Crippen molar-refractivity contribution in [3.63, 3.8) is 0 Å². The minimum absolute atomic E-state index is 0.108. The zero-order chi connectivity index (χ0) is 23.9. The Morgan fingerprint density at radius 3 is 2.41 bits per heavy atom. The van der Waals surface area contributed by atoms with E-state index in [-0.39, 0.29) is 25.5 Å². The Bertz CT molecular complexity index is 1120. The number of likely N-dealkylation sites (tertiary alicyclic amines) is 1. The number of amides is 2. The first-order chi connectivity index (χ1) is 16.6. The molecule has 3 aromatic rings. The number of halogens is 1. The number of hydroxylamine groups is 1. The van der Waals surface area contributed by atoms with Gasteiger partial charge in [0.2, 0.25) is 0 Å². The highest BCUT2D eigenvalue weighted by Gasteiger charge is 2.43. The third-order valence-corrected chi connectivity index (χ3v) is 6.07. The fourth-order valence-corrected chi connectivity index (χ4v) is 4.33. The Morgan fingerprint density at radius 2 is 1.68 bits per heavy atom. The summed E-state index contributed by atoms with van der Waals surface area (Å²) < 4.78 is 14.7. The lowest BCUT2D eigenvalue weighted by Crippen LogP contribution is -2.49. The van der Waals surface area contributed by atoms with E-state index in [1.54, 1.807) is 12.1 Å². The Balaban J connectivity index is 1.50. The van der Waals surface area contributed by atoms with Gasteiger partial charge >= 0.3 is 0 Å². The molecule has 2 amide bonds. The number of nitrogens with one attached hydrogen (secondary N) is 1. The molecule has 3 aromatic carbocycles.